The molecule has 0 aromatic carbocycles. The smallest absolute Gasteiger partial charge is 0.0428 e. The Labute approximate surface area is 91.1 Å². The van der Waals surface area contributed by atoms with E-state index in [0.29, 0.717) is 0 Å². The topological polar surface area (TPSA) is 6.48 Å². The van der Waals surface area contributed by atoms with E-state index in [1.165, 1.54) is 74.9 Å². The van der Waals surface area contributed by atoms with Gasteiger partial charge in [-0.3, -0.25) is 9.80 Å². The van der Waals surface area contributed by atoms with Crippen LogP contribution in [0.2, 0.25) is 0 Å². The summed E-state index contributed by atoms with van der Waals surface area (Å²) < 4.78 is 0. The quantitative estimate of drug-likeness (QED) is 0.619. The van der Waals surface area contributed by atoms with Crippen molar-refractivity contribution in [3.63, 3.8) is 0 Å². The maximum atomic E-state index is 2.74. The van der Waals surface area contributed by atoms with Crippen molar-refractivity contribution in [3.05, 3.63) is 0 Å². The second-order valence-corrected chi connectivity index (χ2v) is 5.86. The lowest BCUT2D eigenvalue weighted by Crippen LogP contribution is -2.52. The number of hydrogen-bond acceptors (Lipinski definition) is 2. The van der Waals surface area contributed by atoms with Gasteiger partial charge in [-0.1, -0.05) is 12.8 Å². The van der Waals surface area contributed by atoms with Crippen molar-refractivity contribution in [3.8, 4) is 0 Å². The Morgan fingerprint density at radius 1 is 0.643 bits per heavy atom. The lowest BCUT2D eigenvalue weighted by molar-refractivity contribution is 0.0685. The average molecular weight is 212 g/mol. The molecule has 2 aliphatic rings. The maximum absolute atomic E-state index is 2.74. The zero-order valence-corrected chi connectivity index (χ0v) is 11.5. The van der Waals surface area contributed by atoms with Crippen molar-refractivity contribution >= 4 is 10.2 Å². The van der Waals surface area contributed by atoms with Crippen molar-refractivity contribution in [2.24, 2.45) is 0 Å². The standard InChI is InChI=1S/C11H24N2Si/c14-11(12-7-3-1-4-8-12)13-9-5-2-6-10-13/h11H,1-10H2,14H3. The summed E-state index contributed by atoms with van der Waals surface area (Å²) in [5, 5.41) is 0. The van der Waals surface area contributed by atoms with Crippen LogP contribution in [0.4, 0.5) is 0 Å². The zero-order valence-electron chi connectivity index (χ0n) is 9.54. The molecule has 0 aliphatic carbocycles. The van der Waals surface area contributed by atoms with Crippen LogP contribution in [0.5, 0.6) is 0 Å². The molecule has 2 rings (SSSR count). The maximum Gasteiger partial charge on any atom is 0.0428 e. The molecule has 2 saturated heterocycles. The number of nitrogens with zero attached hydrogens (tertiary/aromatic N) is 2. The van der Waals surface area contributed by atoms with Crippen molar-refractivity contribution in [2.45, 2.75) is 44.3 Å². The van der Waals surface area contributed by atoms with E-state index in [-0.39, 0.29) is 0 Å². The molecule has 2 fully saturated rings. The number of likely N-dealkylation sites (tertiary alicyclic amines) is 2. The van der Waals surface area contributed by atoms with Crippen LogP contribution in [0.25, 0.3) is 0 Å². The van der Waals surface area contributed by atoms with E-state index in [1.54, 1.807) is 0 Å². The molecule has 0 aromatic rings. The first-order valence-electron chi connectivity index (χ1n) is 6.36. The highest BCUT2D eigenvalue weighted by atomic mass is 28.1. The van der Waals surface area contributed by atoms with E-state index in [9.17, 15) is 0 Å². The molecule has 0 atom stereocenters. The summed E-state index contributed by atoms with van der Waals surface area (Å²) in [7, 11) is 1.32. The lowest BCUT2D eigenvalue weighted by atomic mass is 10.1. The molecular weight excluding hydrogens is 188 g/mol. The second kappa shape index (κ2) is 5.28. The highest BCUT2D eigenvalue weighted by molar-refractivity contribution is 6.11. The molecule has 2 nitrogen and oxygen atoms in total. The minimum Gasteiger partial charge on any atom is -0.292 e. The third-order valence-corrected chi connectivity index (χ3v) is 5.30. The predicted molar refractivity (Wildman–Crippen MR) is 64.6 cm³/mol. The summed E-state index contributed by atoms with van der Waals surface area (Å²) in [4.78, 5) is 5.47. The summed E-state index contributed by atoms with van der Waals surface area (Å²) >= 11 is 0. The Kier molecular flexibility index (Phi) is 4.02. The van der Waals surface area contributed by atoms with Gasteiger partial charge in [-0.15, -0.1) is 0 Å². The van der Waals surface area contributed by atoms with Gasteiger partial charge in [-0.25, -0.2) is 0 Å². The van der Waals surface area contributed by atoms with E-state index < -0.39 is 0 Å². The van der Waals surface area contributed by atoms with E-state index in [2.05, 4.69) is 9.80 Å². The lowest BCUT2D eigenvalue weighted by Gasteiger charge is -2.41. The number of piperidine rings is 2. The van der Waals surface area contributed by atoms with Gasteiger partial charge in [0.05, 0.1) is 0 Å². The molecule has 0 bridgehead atoms. The van der Waals surface area contributed by atoms with Crippen molar-refractivity contribution < 1.29 is 0 Å². The van der Waals surface area contributed by atoms with Crippen LogP contribution in [0.15, 0.2) is 0 Å². The monoisotopic (exact) mass is 212 g/mol. The number of hydrogen-bond donors (Lipinski definition) is 0. The highest BCUT2D eigenvalue weighted by Gasteiger charge is 2.23. The average Bonchev–Trinajstić information content (AvgIpc) is 2.30. The molecule has 0 spiro atoms. The molecule has 0 saturated carbocycles. The van der Waals surface area contributed by atoms with Gasteiger partial charge in [0.2, 0.25) is 0 Å². The summed E-state index contributed by atoms with van der Waals surface area (Å²) in [6, 6.07) is 0. The number of rotatable bonds is 2. The van der Waals surface area contributed by atoms with Crippen LogP contribution < -0.4 is 0 Å². The van der Waals surface area contributed by atoms with Gasteiger partial charge in [0.1, 0.15) is 0 Å². The van der Waals surface area contributed by atoms with Crippen LogP contribution in [-0.2, 0) is 0 Å². The van der Waals surface area contributed by atoms with Crippen molar-refractivity contribution in [2.75, 3.05) is 26.2 Å². The molecule has 0 radical (unpaired) electrons. The van der Waals surface area contributed by atoms with E-state index in [4.69, 9.17) is 0 Å². The van der Waals surface area contributed by atoms with E-state index in [0.717, 1.165) is 5.79 Å². The molecule has 2 aliphatic heterocycles. The van der Waals surface area contributed by atoms with Gasteiger partial charge < -0.3 is 0 Å². The minimum atomic E-state index is 0.843. The van der Waals surface area contributed by atoms with Crippen LogP contribution >= 0.6 is 0 Å². The minimum absolute atomic E-state index is 0.843. The fourth-order valence-corrected chi connectivity index (χ4v) is 3.85. The Morgan fingerprint density at radius 2 is 1.00 bits per heavy atom. The van der Waals surface area contributed by atoms with Crippen molar-refractivity contribution in [1.29, 1.82) is 0 Å². The summed E-state index contributed by atoms with van der Waals surface area (Å²) in [6.45, 7) is 5.46. The summed E-state index contributed by atoms with van der Waals surface area (Å²) in [6.07, 6.45) is 8.67. The predicted octanol–water partition coefficient (Wildman–Crippen LogP) is 0.607. The molecule has 0 unspecified atom stereocenters. The summed E-state index contributed by atoms with van der Waals surface area (Å²) in [5.41, 5.74) is 0. The largest absolute Gasteiger partial charge is 0.292 e. The third-order valence-electron chi connectivity index (χ3n) is 3.84. The Balaban J connectivity index is 1.82. The van der Waals surface area contributed by atoms with Gasteiger partial charge in [0, 0.05) is 16.0 Å². The fraction of sp³-hybridized carbons (Fsp3) is 1.00. The first kappa shape index (κ1) is 10.6. The molecule has 0 aromatic heterocycles. The third kappa shape index (κ3) is 2.58. The summed E-state index contributed by atoms with van der Waals surface area (Å²) in [5.74, 6) is 0.843. The molecule has 0 N–H and O–H groups in total. The first-order chi connectivity index (χ1) is 6.88. The molecule has 3 heteroatoms. The van der Waals surface area contributed by atoms with Crippen LogP contribution in [0.1, 0.15) is 38.5 Å². The van der Waals surface area contributed by atoms with Gasteiger partial charge in [-0.05, 0) is 51.9 Å². The molecule has 0 amide bonds. The first-order valence-corrected chi connectivity index (χ1v) is 7.51. The zero-order chi connectivity index (χ0) is 9.80. The Bertz CT molecular complexity index is 145. The van der Waals surface area contributed by atoms with Gasteiger partial charge >= 0.3 is 0 Å². The molecule has 14 heavy (non-hydrogen) atoms. The normalized spacial score (nSPS) is 27.2. The molecule has 82 valence electrons. The van der Waals surface area contributed by atoms with Gasteiger partial charge in [0.15, 0.2) is 0 Å². The van der Waals surface area contributed by atoms with Gasteiger partial charge in [-0.2, -0.15) is 0 Å². The van der Waals surface area contributed by atoms with Crippen LogP contribution in [0, 0.1) is 0 Å². The second-order valence-electron chi connectivity index (χ2n) is 4.83. The van der Waals surface area contributed by atoms with E-state index >= 15 is 0 Å². The van der Waals surface area contributed by atoms with E-state index in [1.807, 2.05) is 0 Å². The Hall–Kier alpha value is 0.137. The Morgan fingerprint density at radius 3 is 1.36 bits per heavy atom. The highest BCUT2D eigenvalue weighted by Crippen LogP contribution is 2.16. The van der Waals surface area contributed by atoms with Crippen LogP contribution in [0.3, 0.4) is 0 Å². The molecular formula is C11H24N2Si. The SMILES string of the molecule is [SiH3]C(N1CCCCC1)N1CCCCC1. The van der Waals surface area contributed by atoms with Gasteiger partial charge in [0.25, 0.3) is 0 Å². The fourth-order valence-electron chi connectivity index (χ4n) is 2.82. The van der Waals surface area contributed by atoms with Crippen LogP contribution in [-0.4, -0.2) is 52.0 Å². The van der Waals surface area contributed by atoms with Crippen molar-refractivity contribution in [1.82, 2.24) is 9.80 Å². The molecule has 2 heterocycles.